The number of carbonyl (C=O) groups is 1. The van der Waals surface area contributed by atoms with Gasteiger partial charge in [0.2, 0.25) is 0 Å². The van der Waals surface area contributed by atoms with E-state index in [1.807, 2.05) is 31.2 Å². The molecule has 1 aromatic rings. The maximum atomic E-state index is 12.3. The minimum absolute atomic E-state index is 0.103. The fourth-order valence-electron chi connectivity index (χ4n) is 2.91. The van der Waals surface area contributed by atoms with Crippen LogP contribution in [-0.2, 0) is 16.1 Å². The van der Waals surface area contributed by atoms with Crippen molar-refractivity contribution in [3.05, 3.63) is 29.8 Å². The van der Waals surface area contributed by atoms with Gasteiger partial charge in [0.05, 0.1) is 6.10 Å². The minimum Gasteiger partial charge on any atom is -0.365 e. The third kappa shape index (κ3) is 4.55. The molecule has 0 radical (unpaired) electrons. The highest BCUT2D eigenvalue weighted by Crippen LogP contribution is 2.26. The molecular weight excluding hydrogens is 264 g/mol. The van der Waals surface area contributed by atoms with Gasteiger partial charge in [-0.3, -0.25) is 4.79 Å². The molecule has 4 nitrogen and oxygen atoms in total. The molecule has 1 saturated carbocycles. The van der Waals surface area contributed by atoms with Gasteiger partial charge in [0.1, 0.15) is 6.10 Å². The summed E-state index contributed by atoms with van der Waals surface area (Å²) in [6, 6.07) is 7.60. The number of hydrogen-bond acceptors (Lipinski definition) is 3. The van der Waals surface area contributed by atoms with E-state index < -0.39 is 6.10 Å². The Hall–Kier alpha value is -1.39. The van der Waals surface area contributed by atoms with E-state index in [1.165, 1.54) is 12.8 Å². The molecule has 1 aliphatic rings. The fourth-order valence-corrected chi connectivity index (χ4v) is 2.91. The van der Waals surface area contributed by atoms with E-state index in [1.54, 1.807) is 0 Å². The van der Waals surface area contributed by atoms with E-state index in [-0.39, 0.29) is 12.0 Å². The van der Waals surface area contributed by atoms with Crippen LogP contribution in [0.1, 0.15) is 45.1 Å². The predicted octanol–water partition coefficient (Wildman–Crippen LogP) is 3.07. The molecule has 0 bridgehead atoms. The van der Waals surface area contributed by atoms with Crippen LogP contribution in [0.2, 0.25) is 0 Å². The molecule has 0 saturated heterocycles. The zero-order valence-electron chi connectivity index (χ0n) is 13.0. The quantitative estimate of drug-likeness (QED) is 0.876. The molecule has 0 aromatic heterocycles. The van der Waals surface area contributed by atoms with E-state index in [9.17, 15) is 4.79 Å². The summed E-state index contributed by atoms with van der Waals surface area (Å²) in [6.07, 6.45) is 4.34. The number of amides is 1. The molecule has 3 atom stereocenters. The third-order valence-electron chi connectivity index (χ3n) is 4.15. The molecule has 21 heavy (non-hydrogen) atoms. The number of anilines is 1. The van der Waals surface area contributed by atoms with Crippen molar-refractivity contribution in [1.82, 2.24) is 0 Å². The van der Waals surface area contributed by atoms with Gasteiger partial charge in [0.25, 0.3) is 5.91 Å². The van der Waals surface area contributed by atoms with E-state index >= 15 is 0 Å². The Balaban J connectivity index is 1.90. The Morgan fingerprint density at radius 2 is 2.19 bits per heavy atom. The summed E-state index contributed by atoms with van der Waals surface area (Å²) in [5.41, 5.74) is 7.39. The van der Waals surface area contributed by atoms with Crippen molar-refractivity contribution >= 4 is 11.6 Å². The number of rotatable bonds is 5. The van der Waals surface area contributed by atoms with Crippen molar-refractivity contribution < 1.29 is 9.53 Å². The van der Waals surface area contributed by atoms with Crippen LogP contribution < -0.4 is 11.1 Å². The lowest BCUT2D eigenvalue weighted by Crippen LogP contribution is -2.34. The highest BCUT2D eigenvalue weighted by atomic mass is 16.5. The van der Waals surface area contributed by atoms with Gasteiger partial charge in [-0.05, 0) is 37.3 Å². The second kappa shape index (κ2) is 7.57. The lowest BCUT2D eigenvalue weighted by Gasteiger charge is -2.29. The largest absolute Gasteiger partial charge is 0.365 e. The van der Waals surface area contributed by atoms with Crippen LogP contribution in [0.25, 0.3) is 0 Å². The Morgan fingerprint density at radius 3 is 2.90 bits per heavy atom. The SMILES string of the molecule is CC1CCCC(OC(C)C(=O)Nc2ccccc2CN)C1. The molecule has 2 rings (SSSR count). The smallest absolute Gasteiger partial charge is 0.253 e. The number of nitrogens with two attached hydrogens (primary N) is 1. The van der Waals surface area contributed by atoms with Crippen molar-refractivity contribution in [3.63, 3.8) is 0 Å². The van der Waals surface area contributed by atoms with E-state index in [0.29, 0.717) is 12.5 Å². The van der Waals surface area contributed by atoms with Crippen molar-refractivity contribution in [2.75, 3.05) is 5.32 Å². The summed E-state index contributed by atoms with van der Waals surface area (Å²) in [6.45, 7) is 4.48. The first kappa shape index (κ1) is 16.0. The van der Waals surface area contributed by atoms with Gasteiger partial charge in [-0.1, -0.05) is 38.0 Å². The van der Waals surface area contributed by atoms with E-state index in [4.69, 9.17) is 10.5 Å². The molecule has 3 unspecified atom stereocenters. The standard InChI is InChI=1S/C17H26N2O2/c1-12-6-5-8-15(10-12)21-13(2)17(20)19-16-9-4-3-7-14(16)11-18/h3-4,7,9,12-13,15H,5-6,8,10-11,18H2,1-2H3,(H,19,20). The maximum absolute atomic E-state index is 12.3. The van der Waals surface area contributed by atoms with Gasteiger partial charge in [-0.2, -0.15) is 0 Å². The lowest BCUT2D eigenvalue weighted by molar-refractivity contribution is -0.131. The van der Waals surface area contributed by atoms with Crippen LogP contribution in [0, 0.1) is 5.92 Å². The second-order valence-corrected chi connectivity index (χ2v) is 6.02. The molecular formula is C17H26N2O2. The average molecular weight is 290 g/mol. The first-order chi connectivity index (χ1) is 10.1. The van der Waals surface area contributed by atoms with Crippen LogP contribution in [0.15, 0.2) is 24.3 Å². The van der Waals surface area contributed by atoms with Gasteiger partial charge in [-0.15, -0.1) is 0 Å². The van der Waals surface area contributed by atoms with Crippen molar-refractivity contribution in [2.45, 2.75) is 58.3 Å². The molecule has 1 aromatic carbocycles. The van der Waals surface area contributed by atoms with Crippen molar-refractivity contribution in [1.29, 1.82) is 0 Å². The van der Waals surface area contributed by atoms with Crippen LogP contribution in [0.5, 0.6) is 0 Å². The van der Waals surface area contributed by atoms with Gasteiger partial charge in [0.15, 0.2) is 0 Å². The number of hydrogen-bond donors (Lipinski definition) is 2. The van der Waals surface area contributed by atoms with E-state index in [0.717, 1.165) is 24.1 Å². The second-order valence-electron chi connectivity index (χ2n) is 6.02. The van der Waals surface area contributed by atoms with Gasteiger partial charge >= 0.3 is 0 Å². The average Bonchev–Trinajstić information content (AvgIpc) is 2.47. The number of nitrogens with one attached hydrogen (secondary N) is 1. The predicted molar refractivity (Wildman–Crippen MR) is 84.9 cm³/mol. The summed E-state index contributed by atoms with van der Waals surface area (Å²) in [4.78, 5) is 12.3. The Kier molecular flexibility index (Phi) is 5.76. The monoisotopic (exact) mass is 290 g/mol. The fraction of sp³-hybridized carbons (Fsp3) is 0.588. The third-order valence-corrected chi connectivity index (χ3v) is 4.15. The summed E-state index contributed by atoms with van der Waals surface area (Å²) in [5, 5.41) is 2.92. The van der Waals surface area contributed by atoms with Crippen molar-refractivity contribution in [3.8, 4) is 0 Å². The Morgan fingerprint density at radius 1 is 1.43 bits per heavy atom. The van der Waals surface area contributed by atoms with Crippen LogP contribution in [0.4, 0.5) is 5.69 Å². The van der Waals surface area contributed by atoms with Crippen LogP contribution >= 0.6 is 0 Å². The number of benzene rings is 1. The molecule has 3 N–H and O–H groups in total. The van der Waals surface area contributed by atoms with Gasteiger partial charge < -0.3 is 15.8 Å². The topological polar surface area (TPSA) is 64.3 Å². The summed E-state index contributed by atoms with van der Waals surface area (Å²) >= 11 is 0. The number of ether oxygens (including phenoxy) is 1. The Bertz CT molecular complexity index is 476. The highest BCUT2D eigenvalue weighted by molar-refractivity contribution is 5.94. The summed E-state index contributed by atoms with van der Waals surface area (Å²) in [7, 11) is 0. The molecule has 4 heteroatoms. The highest BCUT2D eigenvalue weighted by Gasteiger charge is 2.24. The molecule has 1 amide bonds. The number of para-hydroxylation sites is 1. The summed E-state index contributed by atoms with van der Waals surface area (Å²) in [5.74, 6) is 0.589. The molecule has 0 aliphatic heterocycles. The molecule has 1 aliphatic carbocycles. The Labute approximate surface area is 127 Å². The zero-order valence-corrected chi connectivity index (χ0v) is 13.0. The van der Waals surface area contributed by atoms with Gasteiger partial charge in [0, 0.05) is 12.2 Å². The lowest BCUT2D eigenvalue weighted by atomic mass is 9.88. The normalized spacial score (nSPS) is 23.6. The maximum Gasteiger partial charge on any atom is 0.253 e. The van der Waals surface area contributed by atoms with Gasteiger partial charge in [-0.25, -0.2) is 0 Å². The first-order valence-electron chi connectivity index (χ1n) is 7.84. The van der Waals surface area contributed by atoms with Crippen LogP contribution in [0.3, 0.4) is 0 Å². The summed E-state index contributed by atoms with van der Waals surface area (Å²) < 4.78 is 5.93. The van der Waals surface area contributed by atoms with Crippen molar-refractivity contribution in [2.24, 2.45) is 11.7 Å². The molecule has 116 valence electrons. The van der Waals surface area contributed by atoms with E-state index in [2.05, 4.69) is 12.2 Å². The molecule has 0 heterocycles. The van der Waals surface area contributed by atoms with Crippen LogP contribution in [-0.4, -0.2) is 18.1 Å². The number of carbonyl (C=O) groups excluding carboxylic acids is 1. The molecule has 1 fully saturated rings. The zero-order chi connectivity index (χ0) is 15.2. The minimum atomic E-state index is -0.439. The molecule has 0 spiro atoms. The first-order valence-corrected chi connectivity index (χ1v) is 7.84.